The Morgan fingerprint density at radius 2 is 1.22 bits per heavy atom. The summed E-state index contributed by atoms with van der Waals surface area (Å²) in [5, 5.41) is 11.1. The number of rotatable bonds is 3. The molecule has 0 N–H and O–H groups in total. The van der Waals surface area contributed by atoms with E-state index in [0.29, 0.717) is 21.9 Å². The number of hydrogen-bond donors (Lipinski definition) is 0. The van der Waals surface area contributed by atoms with Crippen LogP contribution in [0.1, 0.15) is 89.9 Å². The lowest BCUT2D eigenvalue weighted by atomic mass is 9.98. The number of carbonyl (C=O) groups is 2. The average Bonchev–Trinajstić information content (AvgIpc) is 2.65. The standard InChI is InChI=1S/C18H31OS.C2HF3O2/c19-17-13-7-8-14-18(17)20(15-9-3-1-4-10-15)16-11-5-2-6-12-16;3-2(4,5)1(6)7/h15-16,18H,1-14H2;(H,6,7)/q+1;/p-1. The molecule has 0 aromatic heterocycles. The summed E-state index contributed by atoms with van der Waals surface area (Å²) in [5.74, 6) is -2.36. The molecule has 156 valence electrons. The second-order valence-electron chi connectivity index (χ2n) is 7.91. The molecule has 0 aromatic rings. The first-order valence-electron chi connectivity index (χ1n) is 10.3. The number of aliphatic carboxylic acids is 1. The van der Waals surface area contributed by atoms with Gasteiger partial charge in [-0.2, -0.15) is 13.2 Å². The fourth-order valence-corrected chi connectivity index (χ4v) is 8.74. The Bertz CT molecular complexity index is 465. The highest BCUT2D eigenvalue weighted by Crippen LogP contribution is 2.39. The molecular formula is C20H31F3O3S. The highest BCUT2D eigenvalue weighted by molar-refractivity contribution is 7.99. The quantitative estimate of drug-likeness (QED) is 0.661. The van der Waals surface area contributed by atoms with Crippen LogP contribution in [0.4, 0.5) is 13.2 Å². The first kappa shape index (κ1) is 22.6. The van der Waals surface area contributed by atoms with Gasteiger partial charge in [-0.15, -0.1) is 0 Å². The summed E-state index contributed by atoms with van der Waals surface area (Å²) in [7, 11) is 0.437. The molecule has 0 aliphatic heterocycles. The molecule has 0 aromatic carbocycles. The Kier molecular flexibility index (Phi) is 8.96. The molecule has 3 aliphatic carbocycles. The molecular weight excluding hydrogens is 377 g/mol. The third-order valence-electron chi connectivity index (χ3n) is 5.93. The van der Waals surface area contributed by atoms with E-state index in [1.165, 1.54) is 83.5 Å². The molecule has 0 amide bonds. The molecule has 3 nitrogen and oxygen atoms in total. The van der Waals surface area contributed by atoms with E-state index in [1.807, 2.05) is 0 Å². The lowest BCUT2D eigenvalue weighted by Gasteiger charge is -2.35. The van der Waals surface area contributed by atoms with Crippen LogP contribution in [-0.2, 0) is 20.5 Å². The van der Waals surface area contributed by atoms with Gasteiger partial charge in [0.05, 0.1) is 0 Å². The molecule has 0 bridgehead atoms. The van der Waals surface area contributed by atoms with Gasteiger partial charge in [-0.05, 0) is 64.2 Å². The van der Waals surface area contributed by atoms with Crippen LogP contribution in [0.3, 0.4) is 0 Å². The molecule has 3 aliphatic rings. The van der Waals surface area contributed by atoms with E-state index >= 15 is 0 Å². The van der Waals surface area contributed by atoms with Crippen molar-refractivity contribution in [2.45, 2.75) is 112 Å². The molecule has 0 saturated heterocycles. The minimum Gasteiger partial charge on any atom is -0.542 e. The van der Waals surface area contributed by atoms with Gasteiger partial charge in [-0.25, -0.2) is 0 Å². The van der Waals surface area contributed by atoms with E-state index in [-0.39, 0.29) is 0 Å². The third-order valence-corrected chi connectivity index (χ3v) is 9.57. The fraction of sp³-hybridized carbons (Fsp3) is 0.900. The zero-order valence-corrected chi connectivity index (χ0v) is 16.7. The van der Waals surface area contributed by atoms with Crippen LogP contribution in [0, 0.1) is 0 Å². The number of carbonyl (C=O) groups excluding carboxylic acids is 2. The van der Waals surface area contributed by atoms with Crippen molar-refractivity contribution in [2.24, 2.45) is 0 Å². The van der Waals surface area contributed by atoms with Crippen molar-refractivity contribution in [3.05, 3.63) is 0 Å². The average molecular weight is 409 g/mol. The predicted molar refractivity (Wildman–Crippen MR) is 99.4 cm³/mol. The third kappa shape index (κ3) is 6.99. The van der Waals surface area contributed by atoms with Crippen molar-refractivity contribution >= 4 is 22.6 Å². The number of ketones is 1. The zero-order valence-electron chi connectivity index (χ0n) is 15.9. The monoisotopic (exact) mass is 408 g/mol. The summed E-state index contributed by atoms with van der Waals surface area (Å²) >= 11 is 0. The maximum absolute atomic E-state index is 12.5. The maximum atomic E-state index is 12.5. The van der Waals surface area contributed by atoms with Crippen molar-refractivity contribution in [1.29, 1.82) is 0 Å². The summed E-state index contributed by atoms with van der Waals surface area (Å²) in [4.78, 5) is 21.3. The number of halogens is 3. The highest BCUT2D eigenvalue weighted by Gasteiger charge is 2.48. The van der Waals surface area contributed by atoms with Crippen LogP contribution in [0.25, 0.3) is 0 Å². The number of alkyl halides is 3. The largest absolute Gasteiger partial charge is 0.542 e. The van der Waals surface area contributed by atoms with E-state index in [2.05, 4.69) is 0 Å². The first-order valence-corrected chi connectivity index (χ1v) is 11.7. The number of hydrogen-bond acceptors (Lipinski definition) is 3. The Morgan fingerprint density at radius 1 is 0.815 bits per heavy atom. The molecule has 3 fully saturated rings. The van der Waals surface area contributed by atoms with Crippen LogP contribution in [0.2, 0.25) is 0 Å². The van der Waals surface area contributed by atoms with E-state index in [4.69, 9.17) is 9.90 Å². The highest BCUT2D eigenvalue weighted by atomic mass is 32.2. The van der Waals surface area contributed by atoms with Gasteiger partial charge in [-0.1, -0.05) is 12.8 Å². The topological polar surface area (TPSA) is 57.2 Å². The molecule has 3 rings (SSSR count). The van der Waals surface area contributed by atoms with Gasteiger partial charge < -0.3 is 9.90 Å². The SMILES string of the molecule is O=C([O-])C(F)(F)F.O=C1CCCCC1[S+](C1CCCCC1)C1CCCCC1. The Labute approximate surface area is 162 Å². The molecule has 1 atom stereocenters. The van der Waals surface area contributed by atoms with Gasteiger partial charge >= 0.3 is 6.18 Å². The molecule has 7 heteroatoms. The summed E-state index contributed by atoms with van der Waals surface area (Å²) in [5.41, 5.74) is 0. The van der Waals surface area contributed by atoms with Gasteiger partial charge in [0.15, 0.2) is 11.0 Å². The molecule has 3 saturated carbocycles. The van der Waals surface area contributed by atoms with Crippen LogP contribution in [0.5, 0.6) is 0 Å². The normalized spacial score (nSPS) is 25.8. The van der Waals surface area contributed by atoms with Crippen LogP contribution >= 0.6 is 0 Å². The van der Waals surface area contributed by atoms with E-state index in [9.17, 15) is 18.0 Å². The Hall–Kier alpha value is -0.720. The van der Waals surface area contributed by atoms with E-state index in [0.717, 1.165) is 16.9 Å². The Balaban J connectivity index is 0.000000321. The minimum atomic E-state index is -5.19. The summed E-state index contributed by atoms with van der Waals surface area (Å²) in [6.45, 7) is 0. The number of carboxylic acid groups (broad SMARTS) is 1. The molecule has 1 unspecified atom stereocenters. The zero-order chi connectivity index (χ0) is 19.9. The van der Waals surface area contributed by atoms with Crippen molar-refractivity contribution in [1.82, 2.24) is 0 Å². The molecule has 0 heterocycles. The molecule has 27 heavy (non-hydrogen) atoms. The van der Waals surface area contributed by atoms with E-state index < -0.39 is 12.1 Å². The second-order valence-corrected chi connectivity index (χ2v) is 10.6. The van der Waals surface area contributed by atoms with Crippen molar-refractivity contribution in [3.8, 4) is 0 Å². The number of Topliss-reactive ketones (excluding diaryl/α,β-unsaturated/α-hetero) is 1. The van der Waals surface area contributed by atoms with Gasteiger partial charge in [0.25, 0.3) is 0 Å². The van der Waals surface area contributed by atoms with E-state index in [1.54, 1.807) is 0 Å². The van der Waals surface area contributed by atoms with Gasteiger partial charge in [0.2, 0.25) is 0 Å². The van der Waals surface area contributed by atoms with Crippen molar-refractivity contribution in [3.63, 3.8) is 0 Å². The fourth-order valence-electron chi connectivity index (χ4n) is 4.65. The van der Waals surface area contributed by atoms with Gasteiger partial charge in [0.1, 0.15) is 16.5 Å². The van der Waals surface area contributed by atoms with Crippen molar-refractivity contribution < 1.29 is 27.9 Å². The molecule has 0 radical (unpaired) electrons. The summed E-state index contributed by atoms with van der Waals surface area (Å²) in [6, 6.07) is 0. The number of carboxylic acids is 1. The second kappa shape index (κ2) is 10.7. The first-order chi connectivity index (χ1) is 12.8. The van der Waals surface area contributed by atoms with Gasteiger partial charge in [0, 0.05) is 23.7 Å². The van der Waals surface area contributed by atoms with Crippen molar-refractivity contribution in [2.75, 3.05) is 0 Å². The Morgan fingerprint density at radius 3 is 1.59 bits per heavy atom. The smallest absolute Gasteiger partial charge is 0.430 e. The maximum Gasteiger partial charge on any atom is 0.430 e. The minimum absolute atomic E-state index is 0.437. The molecule has 0 spiro atoms. The summed E-state index contributed by atoms with van der Waals surface area (Å²) in [6.07, 6.45) is 13.8. The van der Waals surface area contributed by atoms with Gasteiger partial charge in [-0.3, -0.25) is 4.79 Å². The summed E-state index contributed by atoms with van der Waals surface area (Å²) < 4.78 is 31.5. The van der Waals surface area contributed by atoms with Crippen LogP contribution < -0.4 is 5.11 Å². The lowest BCUT2D eigenvalue weighted by Crippen LogP contribution is -2.47. The predicted octanol–water partition coefficient (Wildman–Crippen LogP) is 4.08. The lowest BCUT2D eigenvalue weighted by molar-refractivity contribution is -0.344. The van der Waals surface area contributed by atoms with Crippen LogP contribution in [0.15, 0.2) is 0 Å². The van der Waals surface area contributed by atoms with Crippen LogP contribution in [-0.4, -0.2) is 33.7 Å².